The van der Waals surface area contributed by atoms with Gasteiger partial charge in [0.2, 0.25) is 0 Å². The number of rotatable bonds is 3. The number of benzene rings is 5. The van der Waals surface area contributed by atoms with E-state index in [1.165, 1.54) is 0 Å². The second-order valence-corrected chi connectivity index (χ2v) is 11.1. The van der Waals surface area contributed by atoms with E-state index in [1.54, 1.807) is 0 Å². The van der Waals surface area contributed by atoms with Gasteiger partial charge in [-0.2, -0.15) is 0 Å². The monoisotopic (exact) mass is 527 g/mol. The molecule has 2 heterocycles. The molecule has 40 heavy (non-hydrogen) atoms. The predicted molar refractivity (Wildman–Crippen MR) is 162 cm³/mol. The lowest BCUT2D eigenvalue weighted by Crippen LogP contribution is -2.54. The molecule has 0 aliphatic carbocycles. The van der Waals surface area contributed by atoms with Crippen LogP contribution in [0.4, 0.5) is 0 Å². The second-order valence-electron chi connectivity index (χ2n) is 11.1. The molecule has 0 spiro atoms. The first-order valence-corrected chi connectivity index (χ1v) is 14.4. The van der Waals surface area contributed by atoms with E-state index in [9.17, 15) is 9.59 Å². The minimum absolute atomic E-state index is 0.127. The average molecular weight is 528 g/mol. The highest BCUT2D eigenvalue weighted by atomic mass is 16.2. The fraction of sp³-hybridized carbons (Fsp3) is 0.257. The van der Waals surface area contributed by atoms with Crippen molar-refractivity contribution in [1.29, 1.82) is 0 Å². The minimum atomic E-state index is 0.127. The number of piperidine rings is 1. The second kappa shape index (κ2) is 10.4. The summed E-state index contributed by atoms with van der Waals surface area (Å²) < 4.78 is 0. The largest absolute Gasteiger partial charge is 0.339 e. The van der Waals surface area contributed by atoms with Crippen molar-refractivity contribution in [3.63, 3.8) is 0 Å². The molecule has 2 saturated heterocycles. The lowest BCUT2D eigenvalue weighted by Gasteiger charge is -2.43. The Morgan fingerprint density at radius 1 is 0.525 bits per heavy atom. The van der Waals surface area contributed by atoms with Gasteiger partial charge in [-0.05, 0) is 63.4 Å². The van der Waals surface area contributed by atoms with Crippen molar-refractivity contribution in [3.8, 4) is 0 Å². The van der Waals surface area contributed by atoms with Crippen LogP contribution in [0.5, 0.6) is 0 Å². The van der Waals surface area contributed by atoms with E-state index in [0.29, 0.717) is 6.04 Å². The lowest BCUT2D eigenvalue weighted by molar-refractivity contribution is 0.0414. The molecule has 200 valence electrons. The van der Waals surface area contributed by atoms with Crippen molar-refractivity contribution in [2.75, 3.05) is 39.3 Å². The molecule has 0 atom stereocenters. The van der Waals surface area contributed by atoms with Crippen LogP contribution >= 0.6 is 0 Å². The fourth-order valence-electron chi connectivity index (χ4n) is 6.63. The summed E-state index contributed by atoms with van der Waals surface area (Å²) in [4.78, 5) is 33.7. The SMILES string of the molecule is O=C(c1ccc2ccccc2c1)N1CCC(N2CCN(C(=O)c3c4ccccc4cc4ccccc34)CC2)CC1. The van der Waals surface area contributed by atoms with Crippen molar-refractivity contribution in [3.05, 3.63) is 108 Å². The van der Waals surface area contributed by atoms with Crippen LogP contribution in [0, 0.1) is 0 Å². The van der Waals surface area contributed by atoms with Gasteiger partial charge in [0.05, 0.1) is 5.56 Å². The summed E-state index contributed by atoms with van der Waals surface area (Å²) in [6, 6.07) is 33.2. The number of nitrogens with zero attached hydrogens (tertiary/aromatic N) is 3. The number of amides is 2. The highest BCUT2D eigenvalue weighted by molar-refractivity contribution is 6.18. The zero-order valence-electron chi connectivity index (χ0n) is 22.6. The number of fused-ring (bicyclic) bond motifs is 3. The summed E-state index contributed by atoms with van der Waals surface area (Å²) in [5.41, 5.74) is 1.59. The number of carbonyl (C=O) groups is 2. The van der Waals surface area contributed by atoms with Gasteiger partial charge in [0.15, 0.2) is 0 Å². The van der Waals surface area contributed by atoms with Crippen molar-refractivity contribution < 1.29 is 9.59 Å². The Morgan fingerprint density at radius 2 is 1.07 bits per heavy atom. The van der Waals surface area contributed by atoms with E-state index in [2.05, 4.69) is 47.4 Å². The molecule has 0 aromatic heterocycles. The number of hydrogen-bond acceptors (Lipinski definition) is 3. The average Bonchev–Trinajstić information content (AvgIpc) is 3.03. The first-order valence-electron chi connectivity index (χ1n) is 14.4. The number of likely N-dealkylation sites (tertiary alicyclic amines) is 1. The van der Waals surface area contributed by atoms with Gasteiger partial charge < -0.3 is 9.80 Å². The summed E-state index contributed by atoms with van der Waals surface area (Å²) in [7, 11) is 0. The third kappa shape index (κ3) is 4.50. The lowest BCUT2D eigenvalue weighted by atomic mass is 9.95. The smallest absolute Gasteiger partial charge is 0.255 e. The molecule has 5 aromatic carbocycles. The summed E-state index contributed by atoms with van der Waals surface area (Å²) >= 11 is 0. The van der Waals surface area contributed by atoms with Crippen LogP contribution in [-0.4, -0.2) is 71.8 Å². The Labute approximate surface area is 234 Å². The molecular formula is C35H33N3O2. The van der Waals surface area contributed by atoms with Crippen molar-refractivity contribution in [1.82, 2.24) is 14.7 Å². The summed E-state index contributed by atoms with van der Waals surface area (Å²) in [5, 5.41) is 6.52. The maximum absolute atomic E-state index is 13.9. The molecule has 5 aromatic rings. The van der Waals surface area contributed by atoms with E-state index in [0.717, 1.165) is 95.6 Å². The fourth-order valence-corrected chi connectivity index (χ4v) is 6.63. The number of carbonyl (C=O) groups excluding carboxylic acids is 2. The molecule has 0 N–H and O–H groups in total. The van der Waals surface area contributed by atoms with Gasteiger partial charge in [-0.1, -0.05) is 78.9 Å². The maximum Gasteiger partial charge on any atom is 0.255 e. The van der Waals surface area contributed by atoms with Crippen LogP contribution in [0.3, 0.4) is 0 Å². The van der Waals surface area contributed by atoms with Crippen molar-refractivity contribution >= 4 is 44.1 Å². The maximum atomic E-state index is 13.9. The number of piperazine rings is 1. The molecule has 5 heteroatoms. The van der Waals surface area contributed by atoms with E-state index in [1.807, 2.05) is 64.4 Å². The van der Waals surface area contributed by atoms with E-state index >= 15 is 0 Å². The topological polar surface area (TPSA) is 43.9 Å². The molecular weight excluding hydrogens is 494 g/mol. The Morgan fingerprint density at radius 3 is 1.73 bits per heavy atom. The van der Waals surface area contributed by atoms with Gasteiger partial charge >= 0.3 is 0 Å². The van der Waals surface area contributed by atoms with Gasteiger partial charge in [0.25, 0.3) is 11.8 Å². The van der Waals surface area contributed by atoms with E-state index in [4.69, 9.17) is 0 Å². The molecule has 0 unspecified atom stereocenters. The quantitative estimate of drug-likeness (QED) is 0.262. The zero-order chi connectivity index (χ0) is 27.1. The number of hydrogen-bond donors (Lipinski definition) is 0. The Bertz CT molecular complexity index is 1680. The normalized spacial score (nSPS) is 17.1. The van der Waals surface area contributed by atoms with Crippen LogP contribution < -0.4 is 0 Å². The summed E-state index contributed by atoms with van der Waals surface area (Å²) in [6.45, 7) is 4.75. The van der Waals surface area contributed by atoms with Gasteiger partial charge in [-0.15, -0.1) is 0 Å². The van der Waals surface area contributed by atoms with Gasteiger partial charge in [-0.25, -0.2) is 0 Å². The van der Waals surface area contributed by atoms with Gasteiger partial charge in [0.1, 0.15) is 0 Å². The standard InChI is InChI=1S/C35H33N3O2/c39-34(29-14-13-25-7-1-2-8-26(25)23-29)37-17-15-30(16-18-37)36-19-21-38(22-20-36)35(40)33-31-11-5-3-9-27(31)24-28-10-4-6-12-32(28)33/h1-14,23-24,30H,15-22H2. The molecule has 2 aliphatic rings. The molecule has 0 saturated carbocycles. The highest BCUT2D eigenvalue weighted by Gasteiger charge is 2.31. The molecule has 5 nitrogen and oxygen atoms in total. The molecule has 0 radical (unpaired) electrons. The van der Waals surface area contributed by atoms with Gasteiger partial charge in [0, 0.05) is 50.9 Å². The van der Waals surface area contributed by atoms with Crippen LogP contribution in [0.15, 0.2) is 97.1 Å². The molecule has 2 aliphatic heterocycles. The highest BCUT2D eigenvalue weighted by Crippen LogP contribution is 2.30. The zero-order valence-corrected chi connectivity index (χ0v) is 22.6. The van der Waals surface area contributed by atoms with E-state index < -0.39 is 0 Å². The third-order valence-corrected chi connectivity index (χ3v) is 8.85. The van der Waals surface area contributed by atoms with Gasteiger partial charge in [-0.3, -0.25) is 14.5 Å². The Balaban J connectivity index is 1.00. The first-order chi connectivity index (χ1) is 19.7. The van der Waals surface area contributed by atoms with Crippen LogP contribution in [0.2, 0.25) is 0 Å². The summed E-state index contributed by atoms with van der Waals surface area (Å²) in [5.74, 6) is 0.255. The molecule has 2 amide bonds. The van der Waals surface area contributed by atoms with Crippen LogP contribution in [-0.2, 0) is 0 Å². The molecule has 7 rings (SSSR count). The Kier molecular flexibility index (Phi) is 6.45. The molecule has 2 fully saturated rings. The van der Waals surface area contributed by atoms with Crippen molar-refractivity contribution in [2.45, 2.75) is 18.9 Å². The summed E-state index contributed by atoms with van der Waals surface area (Å²) in [6.07, 6.45) is 1.95. The van der Waals surface area contributed by atoms with E-state index in [-0.39, 0.29) is 11.8 Å². The first kappa shape index (κ1) is 24.8. The van der Waals surface area contributed by atoms with Crippen molar-refractivity contribution in [2.24, 2.45) is 0 Å². The third-order valence-electron chi connectivity index (χ3n) is 8.85. The Hall–Kier alpha value is -4.22. The minimum Gasteiger partial charge on any atom is -0.339 e. The predicted octanol–water partition coefficient (Wildman–Crippen LogP) is 6.21. The molecule has 0 bridgehead atoms. The van der Waals surface area contributed by atoms with Crippen LogP contribution in [0.25, 0.3) is 32.3 Å². The van der Waals surface area contributed by atoms with Crippen LogP contribution in [0.1, 0.15) is 33.6 Å².